The van der Waals surface area contributed by atoms with E-state index in [0.29, 0.717) is 12.1 Å². The van der Waals surface area contributed by atoms with Crippen LogP contribution in [-0.4, -0.2) is 22.0 Å². The molecule has 3 aromatic carbocycles. The van der Waals surface area contributed by atoms with Gasteiger partial charge in [-0.25, -0.2) is 0 Å². The Hall–Kier alpha value is -3.17. The molecule has 3 heteroatoms. The number of aliphatic imine (C=N–C) groups is 1. The first-order valence-corrected chi connectivity index (χ1v) is 9.49. The van der Waals surface area contributed by atoms with Crippen molar-refractivity contribution < 1.29 is 10.2 Å². The summed E-state index contributed by atoms with van der Waals surface area (Å²) < 4.78 is 0. The molecule has 1 atom stereocenters. The summed E-state index contributed by atoms with van der Waals surface area (Å²) in [5.41, 5.74) is 0.846. The maximum Gasteiger partial charge on any atom is 0.144 e. The lowest BCUT2D eigenvalue weighted by Crippen LogP contribution is -2.39. The summed E-state index contributed by atoms with van der Waals surface area (Å²) in [6.07, 6.45) is 2.59. The Morgan fingerprint density at radius 1 is 0.821 bits per heavy atom. The number of nitrogens with zero attached hydrogens (tertiary/aromatic N) is 1. The Morgan fingerprint density at radius 3 is 1.96 bits per heavy atom. The zero-order valence-corrected chi connectivity index (χ0v) is 15.8. The van der Waals surface area contributed by atoms with Gasteiger partial charge >= 0.3 is 0 Å². The Kier molecular flexibility index (Phi) is 4.84. The second kappa shape index (κ2) is 7.45. The van der Waals surface area contributed by atoms with Gasteiger partial charge in [0.1, 0.15) is 11.4 Å². The van der Waals surface area contributed by atoms with Crippen LogP contribution < -0.4 is 10.4 Å². The van der Waals surface area contributed by atoms with Gasteiger partial charge in [-0.3, -0.25) is 4.99 Å². The maximum atomic E-state index is 11.8. The minimum atomic E-state index is -1.30. The van der Waals surface area contributed by atoms with Gasteiger partial charge in [-0.05, 0) is 23.3 Å². The lowest BCUT2D eigenvalue weighted by atomic mass is 9.81. The largest absolute Gasteiger partial charge is 0.505 e. The normalized spacial score (nSPS) is 16.4. The van der Waals surface area contributed by atoms with Crippen molar-refractivity contribution in [1.82, 2.24) is 0 Å². The van der Waals surface area contributed by atoms with Crippen LogP contribution in [0.2, 0.25) is 0 Å². The molecule has 0 saturated heterocycles. The van der Waals surface area contributed by atoms with Crippen LogP contribution in [0.3, 0.4) is 0 Å². The number of fused-ring (bicyclic) bond motifs is 1. The third-order valence-corrected chi connectivity index (χ3v) is 5.39. The number of aliphatic hydroxyl groups excluding tert-OH is 1. The molecule has 0 amide bonds. The lowest BCUT2D eigenvalue weighted by Gasteiger charge is -2.33. The van der Waals surface area contributed by atoms with Crippen LogP contribution in [0, 0.1) is 0 Å². The summed E-state index contributed by atoms with van der Waals surface area (Å²) in [6, 6.07) is 26.4. The molecule has 28 heavy (non-hydrogen) atoms. The predicted octanol–water partition coefficient (Wildman–Crippen LogP) is 3.30. The lowest BCUT2D eigenvalue weighted by molar-refractivity contribution is 0.0587. The summed E-state index contributed by atoms with van der Waals surface area (Å²) in [4.78, 5) is 4.79. The van der Waals surface area contributed by atoms with Crippen molar-refractivity contribution in [2.45, 2.75) is 25.0 Å². The van der Waals surface area contributed by atoms with Gasteiger partial charge in [-0.1, -0.05) is 91.0 Å². The molecule has 0 saturated carbocycles. The topological polar surface area (TPSA) is 52.8 Å². The first kappa shape index (κ1) is 18.2. The molecule has 0 heterocycles. The van der Waals surface area contributed by atoms with Gasteiger partial charge in [-0.15, -0.1) is 0 Å². The summed E-state index contributed by atoms with van der Waals surface area (Å²) in [5, 5.41) is 24.4. The zero-order valence-electron chi connectivity index (χ0n) is 15.8. The van der Waals surface area contributed by atoms with E-state index in [4.69, 9.17) is 4.99 Å². The van der Waals surface area contributed by atoms with Crippen molar-refractivity contribution in [2.24, 2.45) is 4.99 Å². The summed E-state index contributed by atoms with van der Waals surface area (Å²) >= 11 is 0. The van der Waals surface area contributed by atoms with E-state index >= 15 is 0 Å². The molecule has 0 radical (unpaired) electrons. The molecular formula is C25H23NO2. The second-order valence-corrected chi connectivity index (χ2v) is 7.09. The molecule has 0 aliphatic heterocycles. The molecule has 4 rings (SSSR count). The monoisotopic (exact) mass is 369 g/mol. The van der Waals surface area contributed by atoms with E-state index in [-0.39, 0.29) is 5.76 Å². The van der Waals surface area contributed by atoms with Gasteiger partial charge in [0.2, 0.25) is 0 Å². The highest BCUT2D eigenvalue weighted by Crippen LogP contribution is 2.35. The van der Waals surface area contributed by atoms with Crippen LogP contribution in [0.4, 0.5) is 0 Å². The molecule has 3 aromatic rings. The van der Waals surface area contributed by atoms with Crippen LogP contribution in [0.15, 0.2) is 89.9 Å². The molecule has 2 N–H and O–H groups in total. The molecular weight excluding hydrogens is 346 g/mol. The number of hydrogen-bond donors (Lipinski definition) is 2. The Morgan fingerprint density at radius 2 is 1.36 bits per heavy atom. The molecule has 0 bridgehead atoms. The number of hydrogen-bond acceptors (Lipinski definition) is 3. The van der Waals surface area contributed by atoms with E-state index in [1.165, 1.54) is 0 Å². The van der Waals surface area contributed by atoms with E-state index in [9.17, 15) is 10.2 Å². The average Bonchev–Trinajstić information content (AvgIpc) is 2.76. The fourth-order valence-electron chi connectivity index (χ4n) is 3.82. The quantitative estimate of drug-likeness (QED) is 0.741. The third kappa shape index (κ3) is 3.14. The Balaban J connectivity index is 1.83. The van der Waals surface area contributed by atoms with Crippen molar-refractivity contribution in [3.8, 4) is 0 Å². The minimum Gasteiger partial charge on any atom is -0.505 e. The standard InChI is InChI=1S/C25H23NO2/c1-18(26-23-17-16-19-10-8-9-15-22(19)24(23)27)25(28,20-11-4-2-5-12-20)21-13-6-3-7-14-21/h2-16,18,27-28H,17H2,1H3/t18-/m1/s1. The van der Waals surface area contributed by atoms with Gasteiger partial charge in [0, 0.05) is 11.6 Å². The summed E-state index contributed by atoms with van der Waals surface area (Å²) in [6.45, 7) is 1.89. The fraction of sp³-hybridized carbons (Fsp3) is 0.160. The number of rotatable bonds is 4. The van der Waals surface area contributed by atoms with E-state index < -0.39 is 11.6 Å². The van der Waals surface area contributed by atoms with Crippen LogP contribution >= 0.6 is 0 Å². The SMILES string of the molecule is C[C@@H](N=C1CC=c2ccccc2=C1O)C(O)(c1ccccc1)c1ccccc1. The number of aliphatic hydroxyl groups is 2. The van der Waals surface area contributed by atoms with E-state index in [1.54, 1.807) is 0 Å². The summed E-state index contributed by atoms with van der Waals surface area (Å²) in [5.74, 6) is 0.188. The van der Waals surface area contributed by atoms with Crippen LogP contribution in [0.5, 0.6) is 0 Å². The van der Waals surface area contributed by atoms with Gasteiger partial charge in [0.05, 0.1) is 11.8 Å². The van der Waals surface area contributed by atoms with Gasteiger partial charge in [-0.2, -0.15) is 0 Å². The van der Waals surface area contributed by atoms with Gasteiger partial charge in [0.25, 0.3) is 0 Å². The van der Waals surface area contributed by atoms with E-state index in [1.807, 2.05) is 91.9 Å². The average molecular weight is 369 g/mol. The van der Waals surface area contributed by atoms with E-state index in [0.717, 1.165) is 21.6 Å². The predicted molar refractivity (Wildman–Crippen MR) is 114 cm³/mol. The van der Waals surface area contributed by atoms with Gasteiger partial charge in [0.15, 0.2) is 0 Å². The fourth-order valence-corrected chi connectivity index (χ4v) is 3.82. The van der Waals surface area contributed by atoms with Crippen LogP contribution in [0.25, 0.3) is 11.8 Å². The Labute approximate surface area is 164 Å². The summed E-state index contributed by atoms with van der Waals surface area (Å²) in [7, 11) is 0. The first-order chi connectivity index (χ1) is 13.6. The molecule has 0 unspecified atom stereocenters. The highest BCUT2D eigenvalue weighted by molar-refractivity contribution is 6.18. The molecule has 1 aliphatic rings. The highest BCUT2D eigenvalue weighted by atomic mass is 16.3. The smallest absolute Gasteiger partial charge is 0.144 e. The minimum absolute atomic E-state index is 0.188. The molecule has 0 spiro atoms. The second-order valence-electron chi connectivity index (χ2n) is 7.09. The van der Waals surface area contributed by atoms with Crippen LogP contribution in [-0.2, 0) is 5.60 Å². The van der Waals surface area contributed by atoms with Crippen molar-refractivity contribution in [3.63, 3.8) is 0 Å². The maximum absolute atomic E-state index is 11.8. The molecule has 140 valence electrons. The van der Waals surface area contributed by atoms with Crippen molar-refractivity contribution >= 4 is 17.5 Å². The number of benzene rings is 3. The zero-order chi connectivity index (χ0) is 19.6. The highest BCUT2D eigenvalue weighted by Gasteiger charge is 2.38. The van der Waals surface area contributed by atoms with Crippen LogP contribution in [0.1, 0.15) is 24.5 Å². The van der Waals surface area contributed by atoms with Crippen molar-refractivity contribution in [3.05, 3.63) is 106 Å². The molecule has 1 aliphatic carbocycles. The first-order valence-electron chi connectivity index (χ1n) is 9.49. The van der Waals surface area contributed by atoms with Crippen molar-refractivity contribution in [2.75, 3.05) is 0 Å². The third-order valence-electron chi connectivity index (χ3n) is 5.39. The van der Waals surface area contributed by atoms with E-state index in [2.05, 4.69) is 6.08 Å². The molecule has 0 aromatic heterocycles. The van der Waals surface area contributed by atoms with Crippen molar-refractivity contribution in [1.29, 1.82) is 0 Å². The van der Waals surface area contributed by atoms with Gasteiger partial charge < -0.3 is 10.2 Å². The Bertz CT molecular complexity index is 1080. The molecule has 0 fully saturated rings. The molecule has 3 nitrogen and oxygen atoms in total.